The van der Waals surface area contributed by atoms with Crippen molar-refractivity contribution in [2.24, 2.45) is 5.92 Å². The molecule has 3 heteroatoms. The van der Waals surface area contributed by atoms with E-state index in [1.165, 1.54) is 18.4 Å². The maximum Gasteiger partial charge on any atom is 0.128 e. The third-order valence-corrected chi connectivity index (χ3v) is 3.20. The number of hydrogen-bond acceptors (Lipinski definition) is 3. The maximum absolute atomic E-state index is 4.63. The summed E-state index contributed by atoms with van der Waals surface area (Å²) in [6.45, 7) is 8.57. The maximum atomic E-state index is 4.63. The van der Waals surface area contributed by atoms with Gasteiger partial charge in [0.15, 0.2) is 0 Å². The zero-order valence-electron chi connectivity index (χ0n) is 12.0. The predicted octanol–water partition coefficient (Wildman–Crippen LogP) is 2.73. The van der Waals surface area contributed by atoms with Crippen LogP contribution in [0.4, 0.5) is 5.82 Å². The first-order valence-corrected chi connectivity index (χ1v) is 6.96. The highest BCUT2D eigenvalue weighted by molar-refractivity contribution is 5.42. The zero-order chi connectivity index (χ0) is 13.1. The van der Waals surface area contributed by atoms with Crippen LogP contribution in [0.1, 0.15) is 37.9 Å². The highest BCUT2D eigenvalue weighted by Crippen LogP contribution is 2.20. The van der Waals surface area contributed by atoms with Crippen molar-refractivity contribution in [1.29, 1.82) is 0 Å². The molecule has 1 N–H and O–H groups in total. The van der Waals surface area contributed by atoms with Crippen molar-refractivity contribution in [3.05, 3.63) is 23.4 Å². The molecule has 1 aromatic rings. The fraction of sp³-hybridized carbons (Fsp3) is 0.667. The second-order valence-electron chi connectivity index (χ2n) is 5.90. The first-order valence-electron chi connectivity index (χ1n) is 6.96. The number of nitrogens with zero attached hydrogens (tertiary/aromatic N) is 2. The van der Waals surface area contributed by atoms with Crippen LogP contribution in [0.25, 0.3) is 0 Å². The Kier molecular flexibility index (Phi) is 4.23. The smallest absolute Gasteiger partial charge is 0.128 e. The predicted molar refractivity (Wildman–Crippen MR) is 76.9 cm³/mol. The van der Waals surface area contributed by atoms with Gasteiger partial charge < -0.3 is 10.2 Å². The van der Waals surface area contributed by atoms with Crippen molar-refractivity contribution in [1.82, 2.24) is 10.3 Å². The molecule has 2 rings (SSSR count). The van der Waals surface area contributed by atoms with Gasteiger partial charge in [0, 0.05) is 31.9 Å². The Morgan fingerprint density at radius 1 is 1.39 bits per heavy atom. The summed E-state index contributed by atoms with van der Waals surface area (Å²) in [6.07, 6.45) is 2.67. The summed E-state index contributed by atoms with van der Waals surface area (Å²) in [4.78, 5) is 6.88. The lowest BCUT2D eigenvalue weighted by molar-refractivity contribution is 0.633. The molecule has 1 fully saturated rings. The highest BCUT2D eigenvalue weighted by atomic mass is 15.2. The number of anilines is 1. The van der Waals surface area contributed by atoms with Crippen LogP contribution in [0.5, 0.6) is 0 Å². The van der Waals surface area contributed by atoms with E-state index in [0.29, 0.717) is 5.92 Å². The minimum absolute atomic E-state index is 0.658. The number of pyridine rings is 1. The van der Waals surface area contributed by atoms with Crippen molar-refractivity contribution in [2.75, 3.05) is 18.5 Å². The molecule has 0 radical (unpaired) electrons. The van der Waals surface area contributed by atoms with Crippen molar-refractivity contribution in [2.45, 2.75) is 46.2 Å². The Morgan fingerprint density at radius 3 is 2.72 bits per heavy atom. The molecule has 0 unspecified atom stereocenters. The van der Waals surface area contributed by atoms with Gasteiger partial charge in [0.25, 0.3) is 0 Å². The van der Waals surface area contributed by atoms with Crippen LogP contribution in [-0.4, -0.2) is 24.6 Å². The summed E-state index contributed by atoms with van der Waals surface area (Å²) in [5.74, 6) is 1.75. The highest BCUT2D eigenvalue weighted by Gasteiger charge is 2.20. The number of nitrogens with one attached hydrogen (secondary N) is 1. The van der Waals surface area contributed by atoms with E-state index in [1.807, 2.05) is 0 Å². The van der Waals surface area contributed by atoms with Crippen molar-refractivity contribution >= 4 is 5.82 Å². The van der Waals surface area contributed by atoms with Gasteiger partial charge in [-0.05, 0) is 43.4 Å². The first-order chi connectivity index (χ1) is 8.54. The summed E-state index contributed by atoms with van der Waals surface area (Å²) in [5, 5.41) is 3.56. The molecule has 0 bridgehead atoms. The molecule has 100 valence electrons. The molecule has 3 nitrogen and oxygen atoms in total. The molecule has 1 aromatic heterocycles. The molecule has 0 atom stereocenters. The summed E-state index contributed by atoms with van der Waals surface area (Å²) in [6, 6.07) is 5.16. The quantitative estimate of drug-likeness (QED) is 0.838. The molecule has 1 heterocycles. The van der Waals surface area contributed by atoms with Gasteiger partial charge in [-0.1, -0.05) is 13.8 Å². The molecule has 18 heavy (non-hydrogen) atoms. The largest absolute Gasteiger partial charge is 0.359 e. The molecule has 1 saturated carbocycles. The number of rotatable bonds is 6. The molecule has 0 aliphatic heterocycles. The number of aromatic nitrogens is 1. The Balaban J connectivity index is 2.04. The van der Waals surface area contributed by atoms with Crippen molar-refractivity contribution < 1.29 is 0 Å². The third kappa shape index (κ3) is 3.98. The summed E-state index contributed by atoms with van der Waals surface area (Å²) < 4.78 is 0. The SMILES string of the molecule is Cc1cc(CNC2CC2)cc(N(C)CC(C)C)n1. The van der Waals surface area contributed by atoms with E-state index in [0.717, 1.165) is 30.6 Å². The van der Waals surface area contributed by atoms with Gasteiger partial charge in [0.1, 0.15) is 5.82 Å². The van der Waals surface area contributed by atoms with Crippen LogP contribution in [-0.2, 0) is 6.54 Å². The minimum atomic E-state index is 0.658. The van der Waals surface area contributed by atoms with Crippen molar-refractivity contribution in [3.8, 4) is 0 Å². The average molecular weight is 247 g/mol. The first kappa shape index (κ1) is 13.3. The van der Waals surface area contributed by atoms with Crippen LogP contribution < -0.4 is 10.2 Å². The molecule has 1 aliphatic carbocycles. The fourth-order valence-electron chi connectivity index (χ4n) is 2.21. The third-order valence-electron chi connectivity index (χ3n) is 3.20. The Labute approximate surface area is 111 Å². The van der Waals surface area contributed by atoms with E-state index in [1.54, 1.807) is 0 Å². The van der Waals surface area contributed by atoms with E-state index < -0.39 is 0 Å². The van der Waals surface area contributed by atoms with Gasteiger partial charge in [-0.15, -0.1) is 0 Å². The van der Waals surface area contributed by atoms with E-state index in [9.17, 15) is 0 Å². The second-order valence-corrected chi connectivity index (χ2v) is 5.90. The molecular formula is C15H25N3. The molecule has 0 amide bonds. The lowest BCUT2D eigenvalue weighted by Gasteiger charge is -2.21. The Hall–Kier alpha value is -1.09. The van der Waals surface area contributed by atoms with Crippen LogP contribution in [0, 0.1) is 12.8 Å². The molecular weight excluding hydrogens is 222 g/mol. The number of aryl methyl sites for hydroxylation is 1. The van der Waals surface area contributed by atoms with Gasteiger partial charge in [0.2, 0.25) is 0 Å². The van der Waals surface area contributed by atoms with Crippen LogP contribution in [0.3, 0.4) is 0 Å². The normalized spacial score (nSPS) is 15.2. The molecule has 1 aliphatic rings. The van der Waals surface area contributed by atoms with Gasteiger partial charge in [-0.3, -0.25) is 0 Å². The molecule has 0 saturated heterocycles. The molecule has 0 aromatic carbocycles. The Morgan fingerprint density at radius 2 is 2.11 bits per heavy atom. The van der Waals surface area contributed by atoms with Crippen LogP contribution >= 0.6 is 0 Å². The van der Waals surface area contributed by atoms with Gasteiger partial charge >= 0.3 is 0 Å². The fourth-order valence-corrected chi connectivity index (χ4v) is 2.21. The van der Waals surface area contributed by atoms with Crippen LogP contribution in [0.2, 0.25) is 0 Å². The van der Waals surface area contributed by atoms with Crippen LogP contribution in [0.15, 0.2) is 12.1 Å². The summed E-state index contributed by atoms with van der Waals surface area (Å²) in [5.41, 5.74) is 2.45. The van der Waals surface area contributed by atoms with Gasteiger partial charge in [-0.2, -0.15) is 0 Å². The van der Waals surface area contributed by atoms with E-state index in [2.05, 4.69) is 55.2 Å². The van der Waals surface area contributed by atoms with Gasteiger partial charge in [0.05, 0.1) is 0 Å². The van der Waals surface area contributed by atoms with Gasteiger partial charge in [-0.25, -0.2) is 4.98 Å². The van der Waals surface area contributed by atoms with E-state index in [4.69, 9.17) is 0 Å². The van der Waals surface area contributed by atoms with E-state index in [-0.39, 0.29) is 0 Å². The summed E-state index contributed by atoms with van der Waals surface area (Å²) >= 11 is 0. The summed E-state index contributed by atoms with van der Waals surface area (Å²) in [7, 11) is 2.12. The van der Waals surface area contributed by atoms with Crippen molar-refractivity contribution in [3.63, 3.8) is 0 Å². The topological polar surface area (TPSA) is 28.2 Å². The minimum Gasteiger partial charge on any atom is -0.359 e. The zero-order valence-corrected chi connectivity index (χ0v) is 12.0. The second kappa shape index (κ2) is 5.70. The monoisotopic (exact) mass is 247 g/mol. The molecule has 0 spiro atoms. The Bertz CT molecular complexity index is 397. The lowest BCUT2D eigenvalue weighted by Crippen LogP contribution is -2.24. The number of hydrogen-bond donors (Lipinski definition) is 1. The standard InChI is InChI=1S/C15H25N3/c1-11(2)10-18(4)15-8-13(7-12(3)17-15)9-16-14-5-6-14/h7-8,11,14,16H,5-6,9-10H2,1-4H3. The average Bonchev–Trinajstić information content (AvgIpc) is 3.08. The lowest BCUT2D eigenvalue weighted by atomic mass is 10.2. The van der Waals surface area contributed by atoms with E-state index >= 15 is 0 Å².